The standard InChI is InChI=1S/C14H29NO3S/c1-8-11(2)9-14(6,10-12(16)18-7)15-19(17)13(3,4)5/h11,15H,8-10H2,1-7H3/t11-,14-,19?/m0/s1. The van der Waals surface area contributed by atoms with Crippen molar-refractivity contribution in [1.29, 1.82) is 0 Å². The smallest absolute Gasteiger partial charge is 0.307 e. The van der Waals surface area contributed by atoms with E-state index < -0.39 is 16.5 Å². The molecule has 0 fully saturated rings. The van der Waals surface area contributed by atoms with Crippen molar-refractivity contribution in [1.82, 2.24) is 4.72 Å². The van der Waals surface area contributed by atoms with Crippen molar-refractivity contribution in [3.8, 4) is 0 Å². The second-order valence-electron chi connectivity index (χ2n) is 6.51. The first-order valence-electron chi connectivity index (χ1n) is 6.80. The van der Waals surface area contributed by atoms with Crippen LogP contribution in [0.5, 0.6) is 0 Å². The SMILES string of the molecule is CC[C@H](C)C[C@@](C)(CC(=O)OC)NS(=O)C(C)(C)C. The molecule has 0 spiro atoms. The van der Waals surface area contributed by atoms with Gasteiger partial charge in [0.15, 0.2) is 0 Å². The van der Waals surface area contributed by atoms with Gasteiger partial charge in [0, 0.05) is 5.54 Å². The molecule has 1 unspecified atom stereocenters. The molecule has 0 aromatic carbocycles. The Morgan fingerprint density at radius 2 is 1.84 bits per heavy atom. The highest BCUT2D eigenvalue weighted by Crippen LogP contribution is 2.25. The van der Waals surface area contributed by atoms with Crippen LogP contribution < -0.4 is 4.72 Å². The monoisotopic (exact) mass is 291 g/mol. The highest BCUT2D eigenvalue weighted by molar-refractivity contribution is 7.84. The third-order valence-corrected chi connectivity index (χ3v) is 4.94. The maximum Gasteiger partial charge on any atom is 0.307 e. The van der Waals surface area contributed by atoms with Gasteiger partial charge in [0.1, 0.15) is 0 Å². The van der Waals surface area contributed by atoms with Gasteiger partial charge in [-0.2, -0.15) is 0 Å². The number of hydrogen-bond acceptors (Lipinski definition) is 3. The lowest BCUT2D eigenvalue weighted by Crippen LogP contribution is -2.50. The molecule has 5 heteroatoms. The van der Waals surface area contributed by atoms with Gasteiger partial charge in [-0.3, -0.25) is 4.79 Å². The Kier molecular flexibility index (Phi) is 7.22. The zero-order valence-corrected chi connectivity index (χ0v) is 14.1. The number of esters is 1. The van der Waals surface area contributed by atoms with Gasteiger partial charge in [-0.05, 0) is 40.0 Å². The molecule has 19 heavy (non-hydrogen) atoms. The number of carbonyl (C=O) groups is 1. The quantitative estimate of drug-likeness (QED) is 0.734. The average molecular weight is 291 g/mol. The summed E-state index contributed by atoms with van der Waals surface area (Å²) in [6, 6.07) is 0. The van der Waals surface area contributed by atoms with Gasteiger partial charge in [0.05, 0.1) is 29.3 Å². The highest BCUT2D eigenvalue weighted by Gasteiger charge is 2.34. The van der Waals surface area contributed by atoms with E-state index in [1.165, 1.54) is 7.11 Å². The van der Waals surface area contributed by atoms with Gasteiger partial charge >= 0.3 is 5.97 Å². The fourth-order valence-corrected chi connectivity index (χ4v) is 2.74. The number of carbonyl (C=O) groups excluding carboxylic acids is 1. The minimum atomic E-state index is -1.20. The molecule has 0 amide bonds. The predicted octanol–water partition coefficient (Wildman–Crippen LogP) is 2.80. The first-order valence-corrected chi connectivity index (χ1v) is 7.95. The molecular formula is C14H29NO3S. The molecule has 0 saturated heterocycles. The fraction of sp³-hybridized carbons (Fsp3) is 0.929. The predicted molar refractivity (Wildman–Crippen MR) is 80.1 cm³/mol. The Labute approximate surface area is 120 Å². The third-order valence-electron chi connectivity index (χ3n) is 3.15. The van der Waals surface area contributed by atoms with Crippen molar-refractivity contribution >= 4 is 17.0 Å². The van der Waals surface area contributed by atoms with Crippen LogP contribution >= 0.6 is 0 Å². The molecule has 1 N–H and O–H groups in total. The molecule has 4 nitrogen and oxygen atoms in total. The molecule has 0 radical (unpaired) electrons. The van der Waals surface area contributed by atoms with E-state index in [4.69, 9.17) is 4.74 Å². The minimum Gasteiger partial charge on any atom is -0.469 e. The summed E-state index contributed by atoms with van der Waals surface area (Å²) in [7, 11) is 0.180. The van der Waals surface area contributed by atoms with E-state index >= 15 is 0 Å². The Bertz CT molecular complexity index is 325. The summed E-state index contributed by atoms with van der Waals surface area (Å²) in [6.07, 6.45) is 2.05. The molecule has 0 heterocycles. The summed E-state index contributed by atoms with van der Waals surface area (Å²) < 4.78 is 19.8. The zero-order valence-electron chi connectivity index (χ0n) is 13.3. The second-order valence-corrected chi connectivity index (χ2v) is 8.48. The second kappa shape index (κ2) is 7.39. The molecule has 0 rings (SSSR count). The van der Waals surface area contributed by atoms with Crippen LogP contribution in [0.3, 0.4) is 0 Å². The number of rotatable bonds is 7. The van der Waals surface area contributed by atoms with E-state index in [1.807, 2.05) is 27.7 Å². The average Bonchev–Trinajstić information content (AvgIpc) is 2.26. The van der Waals surface area contributed by atoms with Gasteiger partial charge in [0.25, 0.3) is 0 Å². The minimum absolute atomic E-state index is 0.232. The summed E-state index contributed by atoms with van der Waals surface area (Å²) in [6.45, 7) is 11.9. The maximum atomic E-state index is 12.3. The normalized spacial score (nSPS) is 18.5. The van der Waals surface area contributed by atoms with Crippen molar-refractivity contribution in [2.24, 2.45) is 5.92 Å². The van der Waals surface area contributed by atoms with Crippen LogP contribution in [0.25, 0.3) is 0 Å². The maximum absolute atomic E-state index is 12.3. The topological polar surface area (TPSA) is 55.4 Å². The number of ether oxygens (including phenoxy) is 1. The van der Waals surface area contributed by atoms with Gasteiger partial charge in [-0.25, -0.2) is 8.93 Å². The van der Waals surface area contributed by atoms with Crippen molar-refractivity contribution in [2.45, 2.75) is 71.1 Å². The van der Waals surface area contributed by atoms with Crippen LogP contribution in [-0.2, 0) is 20.5 Å². The van der Waals surface area contributed by atoms with Crippen molar-refractivity contribution in [3.05, 3.63) is 0 Å². The van der Waals surface area contributed by atoms with Gasteiger partial charge in [-0.15, -0.1) is 0 Å². The first kappa shape index (κ1) is 18.6. The molecule has 3 atom stereocenters. The summed E-state index contributed by atoms with van der Waals surface area (Å²) in [5.41, 5.74) is -0.499. The lowest BCUT2D eigenvalue weighted by Gasteiger charge is -2.34. The number of hydrogen-bond donors (Lipinski definition) is 1. The van der Waals surface area contributed by atoms with Gasteiger partial charge < -0.3 is 4.74 Å². The summed E-state index contributed by atoms with van der Waals surface area (Å²) in [5.74, 6) is 0.184. The molecular weight excluding hydrogens is 262 g/mol. The first-order chi connectivity index (χ1) is 8.54. The highest BCUT2D eigenvalue weighted by atomic mass is 32.2. The van der Waals surface area contributed by atoms with Gasteiger partial charge in [0.2, 0.25) is 0 Å². The Morgan fingerprint density at radius 3 is 2.21 bits per heavy atom. The van der Waals surface area contributed by atoms with E-state index in [0.717, 1.165) is 12.8 Å². The Hall–Kier alpha value is -0.420. The molecule has 0 bridgehead atoms. The Morgan fingerprint density at radius 1 is 1.32 bits per heavy atom. The third kappa shape index (κ3) is 7.06. The van der Waals surface area contributed by atoms with Crippen LogP contribution in [0.2, 0.25) is 0 Å². The van der Waals surface area contributed by atoms with Crippen LogP contribution in [0, 0.1) is 5.92 Å². The molecule has 0 aromatic rings. The number of methoxy groups -OCH3 is 1. The van der Waals surface area contributed by atoms with Gasteiger partial charge in [-0.1, -0.05) is 20.3 Å². The lowest BCUT2D eigenvalue weighted by atomic mass is 9.87. The molecule has 0 aliphatic carbocycles. The van der Waals surface area contributed by atoms with Crippen LogP contribution in [0.15, 0.2) is 0 Å². The lowest BCUT2D eigenvalue weighted by molar-refractivity contribution is -0.142. The Balaban J connectivity index is 4.94. The van der Waals surface area contributed by atoms with Crippen molar-refractivity contribution in [3.63, 3.8) is 0 Å². The summed E-state index contributed by atoms with van der Waals surface area (Å²) in [5, 5.41) is 0. The van der Waals surface area contributed by atoms with Crippen molar-refractivity contribution in [2.75, 3.05) is 7.11 Å². The summed E-state index contributed by atoms with van der Waals surface area (Å²) in [4.78, 5) is 11.6. The van der Waals surface area contributed by atoms with Crippen LogP contribution in [-0.4, -0.2) is 27.6 Å². The van der Waals surface area contributed by atoms with E-state index in [2.05, 4.69) is 18.6 Å². The van der Waals surface area contributed by atoms with E-state index in [1.54, 1.807) is 0 Å². The van der Waals surface area contributed by atoms with E-state index in [-0.39, 0.29) is 17.1 Å². The van der Waals surface area contributed by atoms with E-state index in [9.17, 15) is 9.00 Å². The number of nitrogens with one attached hydrogen (secondary N) is 1. The molecule has 0 aliphatic rings. The fourth-order valence-electron chi connectivity index (χ4n) is 1.83. The molecule has 0 aliphatic heterocycles. The van der Waals surface area contributed by atoms with Crippen LogP contribution in [0.1, 0.15) is 60.8 Å². The molecule has 0 saturated carbocycles. The molecule has 0 aromatic heterocycles. The summed E-state index contributed by atoms with van der Waals surface area (Å²) >= 11 is 0. The van der Waals surface area contributed by atoms with E-state index in [0.29, 0.717) is 5.92 Å². The largest absolute Gasteiger partial charge is 0.469 e. The molecule has 114 valence electrons. The van der Waals surface area contributed by atoms with Crippen LogP contribution in [0.4, 0.5) is 0 Å². The van der Waals surface area contributed by atoms with Crippen molar-refractivity contribution < 1.29 is 13.7 Å². The zero-order chi connectivity index (χ0) is 15.3.